The third kappa shape index (κ3) is 4.98. The van der Waals surface area contributed by atoms with Crippen LogP contribution in [0.15, 0.2) is 0 Å². The summed E-state index contributed by atoms with van der Waals surface area (Å²) in [6.07, 6.45) is -11.1. The lowest BCUT2D eigenvalue weighted by Gasteiger charge is -2.41. The van der Waals surface area contributed by atoms with E-state index in [-0.39, 0.29) is 0 Å². The van der Waals surface area contributed by atoms with Crippen LogP contribution in [0.3, 0.4) is 0 Å². The molecule has 0 bridgehead atoms. The summed E-state index contributed by atoms with van der Waals surface area (Å²) < 4.78 is 80.9. The van der Waals surface area contributed by atoms with Gasteiger partial charge in [-0.2, -0.15) is 26.3 Å². The second kappa shape index (κ2) is 6.93. The molecule has 1 heterocycles. The van der Waals surface area contributed by atoms with Crippen molar-refractivity contribution in [3.05, 3.63) is 0 Å². The van der Waals surface area contributed by atoms with Crippen LogP contribution in [0, 0.1) is 5.41 Å². The van der Waals surface area contributed by atoms with Crippen molar-refractivity contribution >= 4 is 11.9 Å². The largest absolute Gasteiger partial charge is 0.468 e. The molecule has 0 radical (unpaired) electrons. The number of nitrogens with one attached hydrogen (secondary N) is 1. The zero-order valence-electron chi connectivity index (χ0n) is 12.2. The van der Waals surface area contributed by atoms with Gasteiger partial charge in [0.25, 0.3) is 0 Å². The van der Waals surface area contributed by atoms with E-state index in [0.717, 1.165) is 12.0 Å². The third-order valence-corrected chi connectivity index (χ3v) is 3.71. The van der Waals surface area contributed by atoms with Gasteiger partial charge in [0.05, 0.1) is 13.7 Å². The second-order valence-corrected chi connectivity index (χ2v) is 5.23. The number of methoxy groups -OCH3 is 1. The van der Waals surface area contributed by atoms with Crippen LogP contribution in [0.5, 0.6) is 0 Å². The highest BCUT2D eigenvalue weighted by Gasteiger charge is 2.61. The van der Waals surface area contributed by atoms with E-state index in [1.807, 2.05) is 5.32 Å². The highest BCUT2D eigenvalue weighted by Crippen LogP contribution is 2.46. The van der Waals surface area contributed by atoms with Gasteiger partial charge in [-0.25, -0.2) is 0 Å². The Morgan fingerprint density at radius 2 is 1.65 bits per heavy atom. The van der Waals surface area contributed by atoms with E-state index in [0.29, 0.717) is 0 Å². The number of hydrogen-bond acceptors (Lipinski definition) is 4. The molecule has 134 valence electrons. The molecule has 0 aromatic rings. The Labute approximate surface area is 127 Å². The molecule has 1 N–H and O–H groups in total. The first-order valence-corrected chi connectivity index (χ1v) is 6.62. The van der Waals surface area contributed by atoms with E-state index in [1.54, 1.807) is 0 Å². The minimum absolute atomic E-state index is 0.523. The first-order valence-electron chi connectivity index (χ1n) is 6.62. The number of esters is 1. The Bertz CT molecular complexity index is 441. The van der Waals surface area contributed by atoms with Crippen LogP contribution in [0.25, 0.3) is 0 Å². The predicted molar refractivity (Wildman–Crippen MR) is 65.2 cm³/mol. The number of alkyl halides is 6. The van der Waals surface area contributed by atoms with Gasteiger partial charge in [-0.3, -0.25) is 14.5 Å². The highest BCUT2D eigenvalue weighted by molar-refractivity contribution is 5.87. The summed E-state index contributed by atoms with van der Waals surface area (Å²) in [6.45, 7) is -3.11. The normalized spacial score (nSPS) is 19.3. The molecule has 0 spiro atoms. The smallest absolute Gasteiger partial charge is 0.403 e. The average molecular weight is 350 g/mol. The van der Waals surface area contributed by atoms with Crippen LogP contribution < -0.4 is 5.32 Å². The van der Waals surface area contributed by atoms with Gasteiger partial charge in [0, 0.05) is 0 Å². The van der Waals surface area contributed by atoms with Crippen molar-refractivity contribution in [3.8, 4) is 0 Å². The molecule has 1 fully saturated rings. The van der Waals surface area contributed by atoms with E-state index >= 15 is 0 Å². The molecule has 0 aromatic carbocycles. The standard InChI is InChI=1S/C12H16F6N2O3/c1-23-8(21)6-19-9(22)10(12(16,17)18)2-4-20(5-3-10)7-11(13,14)15/h2-7H2,1H3,(H,19,22). The van der Waals surface area contributed by atoms with Crippen LogP contribution in [0.2, 0.25) is 0 Å². The number of hydrogen-bond donors (Lipinski definition) is 1. The molecular weight excluding hydrogens is 334 g/mol. The summed E-state index contributed by atoms with van der Waals surface area (Å²) in [5, 5.41) is 1.84. The highest BCUT2D eigenvalue weighted by atomic mass is 19.4. The molecule has 23 heavy (non-hydrogen) atoms. The average Bonchev–Trinajstić information content (AvgIpc) is 2.42. The Hall–Kier alpha value is -1.52. The van der Waals surface area contributed by atoms with E-state index in [4.69, 9.17) is 0 Å². The maximum atomic E-state index is 13.3. The Morgan fingerprint density at radius 3 is 2.04 bits per heavy atom. The van der Waals surface area contributed by atoms with E-state index < -0.39 is 68.7 Å². The van der Waals surface area contributed by atoms with E-state index in [2.05, 4.69) is 4.74 Å². The number of carbonyl (C=O) groups excluding carboxylic acids is 2. The van der Waals surface area contributed by atoms with Gasteiger partial charge in [0.15, 0.2) is 0 Å². The molecule has 0 unspecified atom stereocenters. The Balaban J connectivity index is 2.79. The zero-order valence-corrected chi connectivity index (χ0v) is 12.2. The van der Waals surface area contributed by atoms with Crippen molar-refractivity contribution < 1.29 is 40.7 Å². The summed E-state index contributed by atoms with van der Waals surface area (Å²) >= 11 is 0. The molecule has 1 amide bonds. The minimum Gasteiger partial charge on any atom is -0.468 e. The molecule has 5 nitrogen and oxygen atoms in total. The molecule has 0 aromatic heterocycles. The minimum atomic E-state index is -4.93. The lowest BCUT2D eigenvalue weighted by Crippen LogP contribution is -2.57. The van der Waals surface area contributed by atoms with E-state index in [9.17, 15) is 35.9 Å². The summed E-state index contributed by atoms with van der Waals surface area (Å²) in [6, 6.07) is 0. The van der Waals surface area contributed by atoms with Crippen molar-refractivity contribution in [1.82, 2.24) is 10.2 Å². The van der Waals surface area contributed by atoms with Crippen molar-refractivity contribution in [2.24, 2.45) is 5.41 Å². The van der Waals surface area contributed by atoms with Crippen LogP contribution in [0.4, 0.5) is 26.3 Å². The Morgan fingerprint density at radius 1 is 1.13 bits per heavy atom. The molecule has 0 aliphatic carbocycles. The van der Waals surface area contributed by atoms with Crippen molar-refractivity contribution in [1.29, 1.82) is 0 Å². The van der Waals surface area contributed by atoms with Crippen molar-refractivity contribution in [2.75, 3.05) is 33.3 Å². The number of likely N-dealkylation sites (tertiary alicyclic amines) is 1. The number of halogens is 6. The van der Waals surface area contributed by atoms with Crippen LogP contribution in [-0.4, -0.2) is 62.4 Å². The maximum absolute atomic E-state index is 13.3. The lowest BCUT2D eigenvalue weighted by atomic mass is 9.76. The predicted octanol–water partition coefficient (Wildman–Crippen LogP) is 1.48. The molecular formula is C12H16F6N2O3. The molecule has 1 saturated heterocycles. The molecule has 11 heteroatoms. The van der Waals surface area contributed by atoms with Crippen LogP contribution in [0.1, 0.15) is 12.8 Å². The second-order valence-electron chi connectivity index (χ2n) is 5.23. The number of amides is 1. The van der Waals surface area contributed by atoms with Gasteiger partial charge in [0.1, 0.15) is 12.0 Å². The topological polar surface area (TPSA) is 58.6 Å². The molecule has 1 aliphatic rings. The summed E-state index contributed by atoms with van der Waals surface area (Å²) in [7, 11) is 1.00. The summed E-state index contributed by atoms with van der Waals surface area (Å²) in [5.74, 6) is -2.35. The number of nitrogens with zero attached hydrogens (tertiary/aromatic N) is 1. The van der Waals surface area contributed by atoms with Crippen LogP contribution >= 0.6 is 0 Å². The van der Waals surface area contributed by atoms with Gasteiger partial charge in [0.2, 0.25) is 5.91 Å². The lowest BCUT2D eigenvalue weighted by molar-refractivity contribution is -0.236. The fraction of sp³-hybridized carbons (Fsp3) is 0.833. The fourth-order valence-corrected chi connectivity index (χ4v) is 2.38. The summed E-state index contributed by atoms with van der Waals surface area (Å²) in [4.78, 5) is 23.6. The van der Waals surface area contributed by atoms with Gasteiger partial charge < -0.3 is 10.1 Å². The Kier molecular flexibility index (Phi) is 5.89. The van der Waals surface area contributed by atoms with Gasteiger partial charge in [-0.15, -0.1) is 0 Å². The van der Waals surface area contributed by atoms with Crippen molar-refractivity contribution in [2.45, 2.75) is 25.2 Å². The summed E-state index contributed by atoms with van der Waals surface area (Å²) in [5.41, 5.74) is -2.80. The first-order chi connectivity index (χ1) is 10.4. The number of rotatable bonds is 4. The maximum Gasteiger partial charge on any atom is 0.403 e. The molecule has 0 saturated carbocycles. The van der Waals surface area contributed by atoms with Crippen molar-refractivity contribution in [3.63, 3.8) is 0 Å². The zero-order chi connectivity index (χ0) is 17.9. The quantitative estimate of drug-likeness (QED) is 0.616. The monoisotopic (exact) mass is 350 g/mol. The molecule has 1 aliphatic heterocycles. The number of carbonyl (C=O) groups is 2. The van der Waals surface area contributed by atoms with E-state index in [1.165, 1.54) is 0 Å². The SMILES string of the molecule is COC(=O)CNC(=O)C1(C(F)(F)F)CCN(CC(F)(F)F)CC1. The number of ether oxygens (including phenoxy) is 1. The fourth-order valence-electron chi connectivity index (χ4n) is 2.38. The van der Waals surface area contributed by atoms with Gasteiger partial charge in [-0.05, 0) is 25.9 Å². The van der Waals surface area contributed by atoms with Crippen LogP contribution in [-0.2, 0) is 14.3 Å². The van der Waals surface area contributed by atoms with Gasteiger partial charge >= 0.3 is 18.3 Å². The number of piperidine rings is 1. The molecule has 1 rings (SSSR count). The van der Waals surface area contributed by atoms with Gasteiger partial charge in [-0.1, -0.05) is 0 Å². The first kappa shape index (κ1) is 19.5. The molecule has 0 atom stereocenters. The third-order valence-electron chi connectivity index (χ3n) is 3.71.